The van der Waals surface area contributed by atoms with E-state index in [9.17, 15) is 4.79 Å². The highest BCUT2D eigenvalue weighted by Gasteiger charge is 2.15. The molecule has 0 heterocycles. The molecule has 0 aliphatic rings. The van der Waals surface area contributed by atoms with Gasteiger partial charge in [0.1, 0.15) is 0 Å². The molecular weight excluding hydrogens is 214 g/mol. The number of amides is 1. The second kappa shape index (κ2) is 7.04. The van der Waals surface area contributed by atoms with Gasteiger partial charge in [0, 0.05) is 19.0 Å². The fourth-order valence-electron chi connectivity index (χ4n) is 1.76. The van der Waals surface area contributed by atoms with Crippen LogP contribution in [0.1, 0.15) is 19.4 Å². The van der Waals surface area contributed by atoms with Crippen molar-refractivity contribution < 1.29 is 4.79 Å². The number of nitrogens with one attached hydrogen (secondary N) is 1. The van der Waals surface area contributed by atoms with Crippen molar-refractivity contribution in [2.45, 2.75) is 20.4 Å². The van der Waals surface area contributed by atoms with E-state index in [2.05, 4.69) is 29.4 Å². The number of hydrazine groups is 1. The smallest absolute Gasteiger partial charge is 0.237 e. The van der Waals surface area contributed by atoms with E-state index in [4.69, 9.17) is 5.84 Å². The first-order valence-electron chi connectivity index (χ1n) is 5.94. The summed E-state index contributed by atoms with van der Waals surface area (Å²) in [6.07, 6.45) is 0. The quantitative estimate of drug-likeness (QED) is 0.441. The summed E-state index contributed by atoms with van der Waals surface area (Å²) in [4.78, 5) is 13.6. The first-order chi connectivity index (χ1) is 8.17. The van der Waals surface area contributed by atoms with Crippen LogP contribution in [0.25, 0.3) is 0 Å². The summed E-state index contributed by atoms with van der Waals surface area (Å²) in [6.45, 7) is 6.47. The van der Waals surface area contributed by atoms with Crippen LogP contribution in [0.15, 0.2) is 30.3 Å². The minimum absolute atomic E-state index is 0.0938. The van der Waals surface area contributed by atoms with Crippen LogP contribution in [-0.4, -0.2) is 23.9 Å². The number of nitrogens with zero attached hydrogens (tertiary/aromatic N) is 1. The lowest BCUT2D eigenvalue weighted by Gasteiger charge is -2.23. The molecule has 1 aromatic carbocycles. The van der Waals surface area contributed by atoms with Gasteiger partial charge in [0.15, 0.2) is 0 Å². The summed E-state index contributed by atoms with van der Waals surface area (Å²) >= 11 is 0. The number of rotatable bonds is 6. The highest BCUT2D eigenvalue weighted by atomic mass is 16.2. The lowest BCUT2D eigenvalue weighted by molar-refractivity contribution is -0.125. The Morgan fingerprint density at radius 1 is 1.41 bits per heavy atom. The summed E-state index contributed by atoms with van der Waals surface area (Å²) < 4.78 is 0. The molecule has 4 heteroatoms. The summed E-state index contributed by atoms with van der Waals surface area (Å²) in [7, 11) is 0. The van der Waals surface area contributed by atoms with Gasteiger partial charge in [-0.25, -0.2) is 5.84 Å². The van der Waals surface area contributed by atoms with Gasteiger partial charge in [-0.3, -0.25) is 15.1 Å². The van der Waals surface area contributed by atoms with Crippen LogP contribution in [0, 0.1) is 5.92 Å². The predicted molar refractivity (Wildman–Crippen MR) is 68.9 cm³/mol. The Hall–Kier alpha value is -1.39. The zero-order chi connectivity index (χ0) is 12.7. The summed E-state index contributed by atoms with van der Waals surface area (Å²) in [5.41, 5.74) is 3.45. The molecule has 0 saturated carbocycles. The van der Waals surface area contributed by atoms with E-state index in [1.54, 1.807) is 0 Å². The number of carbonyl (C=O) groups excluding carboxylic acids is 1. The standard InChI is InChI=1S/C13H21N3O/c1-3-16(9-11(2)13(17)15-14)10-12-7-5-4-6-8-12/h4-8,11H,3,9-10,14H2,1-2H3,(H,15,17). The third-order valence-electron chi connectivity index (χ3n) is 2.82. The Morgan fingerprint density at radius 2 is 2.06 bits per heavy atom. The maximum absolute atomic E-state index is 11.4. The van der Waals surface area contributed by atoms with Crippen LogP contribution >= 0.6 is 0 Å². The average molecular weight is 235 g/mol. The van der Waals surface area contributed by atoms with Gasteiger partial charge in [-0.1, -0.05) is 44.2 Å². The van der Waals surface area contributed by atoms with Crippen molar-refractivity contribution in [1.29, 1.82) is 0 Å². The van der Waals surface area contributed by atoms with E-state index in [1.807, 2.05) is 25.1 Å². The maximum atomic E-state index is 11.4. The van der Waals surface area contributed by atoms with Gasteiger partial charge in [-0.2, -0.15) is 0 Å². The zero-order valence-electron chi connectivity index (χ0n) is 10.5. The van der Waals surface area contributed by atoms with Gasteiger partial charge >= 0.3 is 0 Å². The summed E-state index contributed by atoms with van der Waals surface area (Å²) in [6, 6.07) is 10.2. The van der Waals surface area contributed by atoms with E-state index in [0.717, 1.165) is 13.1 Å². The molecule has 94 valence electrons. The summed E-state index contributed by atoms with van der Waals surface area (Å²) in [5, 5.41) is 0. The van der Waals surface area contributed by atoms with Crippen molar-refractivity contribution in [1.82, 2.24) is 10.3 Å². The van der Waals surface area contributed by atoms with Crippen molar-refractivity contribution >= 4 is 5.91 Å². The fraction of sp³-hybridized carbons (Fsp3) is 0.462. The molecule has 0 spiro atoms. The molecule has 0 aliphatic heterocycles. The second-order valence-electron chi connectivity index (χ2n) is 4.22. The van der Waals surface area contributed by atoms with Crippen LogP contribution in [0.2, 0.25) is 0 Å². The minimum atomic E-state index is -0.114. The molecule has 1 aromatic rings. The number of benzene rings is 1. The zero-order valence-corrected chi connectivity index (χ0v) is 10.5. The molecule has 0 saturated heterocycles. The molecule has 1 rings (SSSR count). The van der Waals surface area contributed by atoms with E-state index < -0.39 is 0 Å². The SMILES string of the molecule is CCN(Cc1ccccc1)CC(C)C(=O)NN. The van der Waals surface area contributed by atoms with Crippen molar-refractivity contribution in [3.8, 4) is 0 Å². The van der Waals surface area contributed by atoms with Gasteiger partial charge < -0.3 is 0 Å². The first-order valence-corrected chi connectivity index (χ1v) is 5.94. The van der Waals surface area contributed by atoms with Crippen LogP contribution in [0.3, 0.4) is 0 Å². The molecule has 17 heavy (non-hydrogen) atoms. The molecule has 3 N–H and O–H groups in total. The van der Waals surface area contributed by atoms with Crippen molar-refractivity contribution in [3.05, 3.63) is 35.9 Å². The normalized spacial score (nSPS) is 12.5. The number of hydrogen-bond acceptors (Lipinski definition) is 3. The summed E-state index contributed by atoms with van der Waals surface area (Å²) in [5.74, 6) is 4.92. The third-order valence-corrected chi connectivity index (χ3v) is 2.82. The van der Waals surface area contributed by atoms with Gasteiger partial charge in [-0.05, 0) is 12.1 Å². The van der Waals surface area contributed by atoms with Gasteiger partial charge in [0.2, 0.25) is 5.91 Å². The fourth-order valence-corrected chi connectivity index (χ4v) is 1.76. The van der Waals surface area contributed by atoms with Gasteiger partial charge in [-0.15, -0.1) is 0 Å². The van der Waals surface area contributed by atoms with E-state index >= 15 is 0 Å². The van der Waals surface area contributed by atoms with Crippen LogP contribution in [0.4, 0.5) is 0 Å². The second-order valence-corrected chi connectivity index (χ2v) is 4.22. The predicted octanol–water partition coefficient (Wildman–Crippen LogP) is 1.13. The van der Waals surface area contributed by atoms with Crippen molar-refractivity contribution in [3.63, 3.8) is 0 Å². The van der Waals surface area contributed by atoms with Gasteiger partial charge in [0.05, 0.1) is 0 Å². The highest BCUT2D eigenvalue weighted by molar-refractivity contribution is 5.77. The Balaban J connectivity index is 2.52. The maximum Gasteiger partial charge on any atom is 0.237 e. The highest BCUT2D eigenvalue weighted by Crippen LogP contribution is 2.07. The lowest BCUT2D eigenvalue weighted by atomic mass is 10.1. The molecule has 1 amide bonds. The molecule has 1 unspecified atom stereocenters. The molecule has 1 atom stereocenters. The Morgan fingerprint density at radius 3 is 2.59 bits per heavy atom. The molecule has 0 fully saturated rings. The Kier molecular flexibility index (Phi) is 5.66. The third kappa shape index (κ3) is 4.54. The monoisotopic (exact) mass is 235 g/mol. The molecular formula is C13H21N3O. The first kappa shape index (κ1) is 13.7. The number of carbonyl (C=O) groups is 1. The van der Waals surface area contributed by atoms with E-state index in [0.29, 0.717) is 6.54 Å². The number of hydrogen-bond donors (Lipinski definition) is 2. The average Bonchev–Trinajstić information content (AvgIpc) is 2.38. The van der Waals surface area contributed by atoms with Crippen LogP contribution < -0.4 is 11.3 Å². The molecule has 0 aromatic heterocycles. The van der Waals surface area contributed by atoms with Crippen LogP contribution in [-0.2, 0) is 11.3 Å². The minimum Gasteiger partial charge on any atom is -0.299 e. The van der Waals surface area contributed by atoms with Crippen molar-refractivity contribution in [2.75, 3.05) is 13.1 Å². The van der Waals surface area contributed by atoms with Gasteiger partial charge in [0.25, 0.3) is 0 Å². The molecule has 4 nitrogen and oxygen atoms in total. The van der Waals surface area contributed by atoms with Crippen LogP contribution in [0.5, 0.6) is 0 Å². The van der Waals surface area contributed by atoms with Crippen molar-refractivity contribution in [2.24, 2.45) is 11.8 Å². The lowest BCUT2D eigenvalue weighted by Crippen LogP contribution is -2.40. The Bertz CT molecular complexity index is 340. The molecule has 0 aliphatic carbocycles. The molecule has 0 bridgehead atoms. The topological polar surface area (TPSA) is 58.4 Å². The van der Waals surface area contributed by atoms with E-state index in [-0.39, 0.29) is 11.8 Å². The Labute approximate surface area is 103 Å². The largest absolute Gasteiger partial charge is 0.299 e. The molecule has 0 radical (unpaired) electrons. The number of nitrogens with two attached hydrogens (primary N) is 1. The van der Waals surface area contributed by atoms with E-state index in [1.165, 1.54) is 5.56 Å².